The molecule has 0 saturated heterocycles. The number of carbonyl (C=O) groups is 2. The molecule has 2 heterocycles. The van der Waals surface area contributed by atoms with Gasteiger partial charge in [0.2, 0.25) is 5.91 Å². The second-order valence-corrected chi connectivity index (χ2v) is 9.63. The Morgan fingerprint density at radius 3 is 2.57 bits per heavy atom. The average Bonchev–Trinajstić information content (AvgIpc) is 3.19. The van der Waals surface area contributed by atoms with Crippen LogP contribution in [0.15, 0.2) is 47.6 Å². The van der Waals surface area contributed by atoms with E-state index in [1.165, 1.54) is 23.5 Å². The molecule has 1 atom stereocenters. The SMILES string of the molecule is CCC1CC(=O)N(Cc2ccc(NC(=O)c3sc(C)nc3C)cc2)N=C1c1ccc(OC)c(O)c1. The smallest absolute Gasteiger partial charge is 0.267 e. The zero-order valence-electron chi connectivity index (χ0n) is 20.2. The van der Waals surface area contributed by atoms with Crippen molar-refractivity contribution >= 4 is 34.6 Å². The number of hydrazone groups is 1. The highest BCUT2D eigenvalue weighted by Crippen LogP contribution is 2.31. The Balaban J connectivity index is 1.51. The number of ether oxygens (including phenoxy) is 1. The van der Waals surface area contributed by atoms with Crippen molar-refractivity contribution in [3.05, 3.63) is 69.2 Å². The van der Waals surface area contributed by atoms with Crippen molar-refractivity contribution in [2.45, 2.75) is 40.2 Å². The van der Waals surface area contributed by atoms with Crippen LogP contribution in [0.1, 0.15) is 51.3 Å². The zero-order chi connectivity index (χ0) is 25.1. The molecule has 0 bridgehead atoms. The summed E-state index contributed by atoms with van der Waals surface area (Å²) in [7, 11) is 1.50. The predicted molar refractivity (Wildman–Crippen MR) is 136 cm³/mol. The van der Waals surface area contributed by atoms with Crippen LogP contribution < -0.4 is 10.1 Å². The molecule has 2 N–H and O–H groups in total. The lowest BCUT2D eigenvalue weighted by atomic mass is 9.89. The Morgan fingerprint density at radius 1 is 1.23 bits per heavy atom. The zero-order valence-corrected chi connectivity index (χ0v) is 21.0. The Kier molecular flexibility index (Phi) is 7.16. The van der Waals surface area contributed by atoms with E-state index in [0.717, 1.165) is 34.0 Å². The summed E-state index contributed by atoms with van der Waals surface area (Å²) in [6.07, 6.45) is 1.11. The molecule has 4 rings (SSSR count). The van der Waals surface area contributed by atoms with E-state index in [1.54, 1.807) is 12.1 Å². The van der Waals surface area contributed by atoms with Gasteiger partial charge in [-0.1, -0.05) is 19.1 Å². The second kappa shape index (κ2) is 10.3. The third-order valence-corrected chi connectivity index (χ3v) is 7.02. The van der Waals surface area contributed by atoms with E-state index >= 15 is 0 Å². The predicted octanol–water partition coefficient (Wildman–Crippen LogP) is 4.89. The van der Waals surface area contributed by atoms with Gasteiger partial charge < -0.3 is 15.2 Å². The van der Waals surface area contributed by atoms with Crippen LogP contribution in [-0.2, 0) is 11.3 Å². The van der Waals surface area contributed by atoms with E-state index in [1.807, 2.05) is 51.1 Å². The number of nitrogens with zero attached hydrogens (tertiary/aromatic N) is 3. The maximum Gasteiger partial charge on any atom is 0.267 e. The van der Waals surface area contributed by atoms with E-state index in [9.17, 15) is 14.7 Å². The van der Waals surface area contributed by atoms with Crippen LogP contribution in [0.4, 0.5) is 5.69 Å². The largest absolute Gasteiger partial charge is 0.504 e. The van der Waals surface area contributed by atoms with Crippen molar-refractivity contribution in [2.75, 3.05) is 12.4 Å². The monoisotopic (exact) mass is 492 g/mol. The Bertz CT molecular complexity index is 1280. The fourth-order valence-electron chi connectivity index (χ4n) is 4.08. The van der Waals surface area contributed by atoms with E-state index in [2.05, 4.69) is 15.4 Å². The molecule has 8 nitrogen and oxygen atoms in total. The first-order chi connectivity index (χ1) is 16.8. The first-order valence-electron chi connectivity index (χ1n) is 11.4. The molecule has 2 amide bonds. The first kappa shape index (κ1) is 24.4. The van der Waals surface area contributed by atoms with Crippen molar-refractivity contribution in [3.63, 3.8) is 0 Å². The van der Waals surface area contributed by atoms with E-state index in [4.69, 9.17) is 4.74 Å². The number of nitrogens with one attached hydrogen (secondary N) is 1. The summed E-state index contributed by atoms with van der Waals surface area (Å²) < 4.78 is 5.14. The van der Waals surface area contributed by atoms with E-state index < -0.39 is 0 Å². The van der Waals surface area contributed by atoms with Gasteiger partial charge in [-0.2, -0.15) is 5.10 Å². The number of hydrogen-bond acceptors (Lipinski definition) is 7. The number of anilines is 1. The van der Waals surface area contributed by atoms with Crippen LogP contribution in [0.5, 0.6) is 11.5 Å². The topological polar surface area (TPSA) is 104 Å². The van der Waals surface area contributed by atoms with Crippen LogP contribution in [0.25, 0.3) is 0 Å². The normalized spacial score (nSPS) is 15.7. The Hall–Kier alpha value is -3.72. The van der Waals surface area contributed by atoms with Crippen molar-refractivity contribution in [1.29, 1.82) is 0 Å². The summed E-state index contributed by atoms with van der Waals surface area (Å²) in [5.41, 5.74) is 3.80. The summed E-state index contributed by atoms with van der Waals surface area (Å²) in [5, 5.41) is 20.1. The van der Waals surface area contributed by atoms with Crippen molar-refractivity contribution in [1.82, 2.24) is 9.99 Å². The molecule has 2 aromatic carbocycles. The molecule has 0 fully saturated rings. The van der Waals surface area contributed by atoms with Gasteiger partial charge in [0.1, 0.15) is 4.88 Å². The number of aryl methyl sites for hydroxylation is 2. The molecular formula is C26H28N4O4S. The second-order valence-electron chi connectivity index (χ2n) is 8.43. The molecule has 35 heavy (non-hydrogen) atoms. The summed E-state index contributed by atoms with van der Waals surface area (Å²) >= 11 is 1.37. The van der Waals surface area contributed by atoms with Crippen molar-refractivity contribution in [2.24, 2.45) is 11.0 Å². The maximum absolute atomic E-state index is 12.8. The molecule has 182 valence electrons. The van der Waals surface area contributed by atoms with Gasteiger partial charge in [-0.05, 0) is 56.2 Å². The lowest BCUT2D eigenvalue weighted by molar-refractivity contribution is -0.133. The van der Waals surface area contributed by atoms with Gasteiger partial charge in [-0.3, -0.25) is 9.59 Å². The number of methoxy groups -OCH3 is 1. The lowest BCUT2D eigenvalue weighted by Gasteiger charge is -2.29. The average molecular weight is 493 g/mol. The van der Waals surface area contributed by atoms with Gasteiger partial charge >= 0.3 is 0 Å². The van der Waals surface area contributed by atoms with Gasteiger partial charge in [-0.15, -0.1) is 11.3 Å². The molecule has 9 heteroatoms. The molecule has 1 aliphatic heterocycles. The first-order valence-corrected chi connectivity index (χ1v) is 12.2. The van der Waals surface area contributed by atoms with Crippen LogP contribution in [0.2, 0.25) is 0 Å². The highest BCUT2D eigenvalue weighted by atomic mass is 32.1. The number of thiazole rings is 1. The standard InChI is InChI=1S/C26H28N4O4S/c1-5-18-13-23(32)30(29-24(18)19-8-11-22(34-4)21(31)12-19)14-17-6-9-20(10-7-17)28-26(33)25-15(2)27-16(3)35-25/h6-12,18,31H,5,13-14H2,1-4H3,(H,28,33). The minimum absolute atomic E-state index is 0.0250. The fraction of sp³-hybridized carbons (Fsp3) is 0.308. The minimum Gasteiger partial charge on any atom is -0.504 e. The lowest BCUT2D eigenvalue weighted by Crippen LogP contribution is -2.36. The van der Waals surface area contributed by atoms with Gasteiger partial charge in [0.15, 0.2) is 11.5 Å². The highest BCUT2D eigenvalue weighted by molar-refractivity contribution is 7.13. The molecule has 1 aromatic heterocycles. The molecule has 0 spiro atoms. The molecule has 0 radical (unpaired) electrons. The highest BCUT2D eigenvalue weighted by Gasteiger charge is 2.29. The van der Waals surface area contributed by atoms with Crippen molar-refractivity contribution in [3.8, 4) is 11.5 Å². The van der Waals surface area contributed by atoms with Crippen molar-refractivity contribution < 1.29 is 19.4 Å². The third kappa shape index (κ3) is 5.35. The fourth-order valence-corrected chi connectivity index (χ4v) is 4.90. The van der Waals surface area contributed by atoms with Gasteiger partial charge in [0, 0.05) is 23.6 Å². The molecule has 1 unspecified atom stereocenters. The molecule has 3 aromatic rings. The van der Waals surface area contributed by atoms with Gasteiger partial charge in [0.05, 0.1) is 30.1 Å². The summed E-state index contributed by atoms with van der Waals surface area (Å²) in [6.45, 7) is 6.03. The van der Waals surface area contributed by atoms with E-state index in [0.29, 0.717) is 29.3 Å². The summed E-state index contributed by atoms with van der Waals surface area (Å²) in [4.78, 5) is 30.3. The number of carbonyl (C=O) groups excluding carboxylic acids is 2. The van der Waals surface area contributed by atoms with E-state index in [-0.39, 0.29) is 23.5 Å². The molecular weight excluding hydrogens is 464 g/mol. The number of benzene rings is 2. The minimum atomic E-state index is -0.186. The Morgan fingerprint density at radius 2 is 1.97 bits per heavy atom. The molecule has 1 aliphatic rings. The molecule has 0 aliphatic carbocycles. The number of hydrogen-bond donors (Lipinski definition) is 2. The number of phenols is 1. The van der Waals surface area contributed by atoms with Crippen LogP contribution in [0.3, 0.4) is 0 Å². The van der Waals surface area contributed by atoms with Crippen LogP contribution in [-0.4, -0.2) is 39.7 Å². The van der Waals surface area contributed by atoms with Crippen LogP contribution >= 0.6 is 11.3 Å². The molecule has 0 saturated carbocycles. The quantitative estimate of drug-likeness (QED) is 0.489. The number of amides is 2. The van der Waals surface area contributed by atoms with Gasteiger partial charge in [-0.25, -0.2) is 9.99 Å². The van der Waals surface area contributed by atoms with Gasteiger partial charge in [0.25, 0.3) is 5.91 Å². The van der Waals surface area contributed by atoms with Crippen LogP contribution in [0, 0.1) is 19.8 Å². The third-order valence-electron chi connectivity index (χ3n) is 5.95. The Labute approximate surface area is 208 Å². The summed E-state index contributed by atoms with van der Waals surface area (Å²) in [6, 6.07) is 12.5. The maximum atomic E-state index is 12.8. The number of aromatic nitrogens is 1. The summed E-state index contributed by atoms with van der Waals surface area (Å²) in [5.74, 6) is 0.163. The number of aromatic hydroxyl groups is 1. The number of rotatable bonds is 7. The number of phenolic OH excluding ortho intramolecular Hbond substituents is 1.